The predicted octanol–water partition coefficient (Wildman–Crippen LogP) is 2.23. The summed E-state index contributed by atoms with van der Waals surface area (Å²) >= 11 is 0. The van der Waals surface area contributed by atoms with Crippen LogP contribution in [0.5, 0.6) is 0 Å². The van der Waals surface area contributed by atoms with Crippen LogP contribution in [-0.4, -0.2) is 43.0 Å². The first-order chi connectivity index (χ1) is 12.9. The first kappa shape index (κ1) is 19.5. The summed E-state index contributed by atoms with van der Waals surface area (Å²) in [5, 5.41) is 2.87. The number of rotatable bonds is 6. The molecule has 144 valence electrons. The van der Waals surface area contributed by atoms with Gasteiger partial charge in [-0.2, -0.15) is 0 Å². The zero-order valence-corrected chi connectivity index (χ0v) is 16.3. The Kier molecular flexibility index (Phi) is 6.23. The van der Waals surface area contributed by atoms with Crippen LogP contribution in [0, 0.1) is 5.92 Å². The number of carbonyl (C=O) groups excluding carboxylic acids is 1. The molecule has 1 aromatic carbocycles. The fraction of sp³-hybridized carbons (Fsp3) is 0.400. The summed E-state index contributed by atoms with van der Waals surface area (Å²) in [5.74, 6) is 0.362. The Bertz CT molecular complexity index is 859. The first-order valence-electron chi connectivity index (χ1n) is 9.14. The van der Waals surface area contributed by atoms with Gasteiger partial charge in [-0.3, -0.25) is 9.78 Å². The van der Waals surface area contributed by atoms with E-state index in [0.717, 1.165) is 25.0 Å². The smallest absolute Gasteiger partial charge is 0.251 e. The lowest BCUT2D eigenvalue weighted by Gasteiger charge is -2.30. The Balaban J connectivity index is 1.49. The van der Waals surface area contributed by atoms with Crippen molar-refractivity contribution in [3.05, 3.63) is 65.5 Å². The van der Waals surface area contributed by atoms with Crippen molar-refractivity contribution in [2.24, 2.45) is 5.92 Å². The third-order valence-corrected chi connectivity index (χ3v) is 6.24. The molecular weight excluding hydrogens is 362 g/mol. The van der Waals surface area contributed by atoms with Crippen LogP contribution in [0.3, 0.4) is 0 Å². The van der Waals surface area contributed by atoms with E-state index in [2.05, 4.69) is 10.3 Å². The van der Waals surface area contributed by atoms with Crippen molar-refractivity contribution in [2.45, 2.75) is 25.8 Å². The van der Waals surface area contributed by atoms with Gasteiger partial charge >= 0.3 is 0 Å². The average Bonchev–Trinajstić information content (AvgIpc) is 2.67. The Hall–Kier alpha value is -2.25. The normalized spacial score (nSPS) is 16.2. The van der Waals surface area contributed by atoms with Crippen molar-refractivity contribution < 1.29 is 13.2 Å². The lowest BCUT2D eigenvalue weighted by Crippen LogP contribution is -2.38. The Morgan fingerprint density at radius 2 is 1.85 bits per heavy atom. The van der Waals surface area contributed by atoms with Crippen LogP contribution in [0.25, 0.3) is 0 Å². The monoisotopic (exact) mass is 387 g/mol. The number of piperidine rings is 1. The third-order valence-electron chi connectivity index (χ3n) is 4.94. The lowest BCUT2D eigenvalue weighted by atomic mass is 9.91. The molecule has 1 aliphatic rings. The highest BCUT2D eigenvalue weighted by Crippen LogP contribution is 2.23. The van der Waals surface area contributed by atoms with Crippen LogP contribution in [0.1, 0.15) is 34.5 Å². The molecule has 0 aliphatic carbocycles. The van der Waals surface area contributed by atoms with E-state index >= 15 is 0 Å². The number of sulfonamides is 1. The van der Waals surface area contributed by atoms with E-state index in [1.54, 1.807) is 10.5 Å². The quantitative estimate of drug-likeness (QED) is 0.824. The van der Waals surface area contributed by atoms with E-state index < -0.39 is 10.0 Å². The van der Waals surface area contributed by atoms with Crippen molar-refractivity contribution in [2.75, 3.05) is 19.3 Å². The molecule has 0 atom stereocenters. The molecule has 0 unspecified atom stereocenters. The fourth-order valence-electron chi connectivity index (χ4n) is 3.35. The highest BCUT2D eigenvalue weighted by molar-refractivity contribution is 7.88. The molecule has 3 rings (SSSR count). The van der Waals surface area contributed by atoms with E-state index in [1.165, 1.54) is 11.8 Å². The molecule has 1 aliphatic heterocycles. The number of benzene rings is 1. The number of hydrogen-bond donors (Lipinski definition) is 1. The van der Waals surface area contributed by atoms with Gasteiger partial charge < -0.3 is 5.32 Å². The third kappa shape index (κ3) is 5.61. The van der Waals surface area contributed by atoms with Gasteiger partial charge in [0, 0.05) is 24.8 Å². The van der Waals surface area contributed by atoms with Crippen LogP contribution < -0.4 is 5.32 Å². The fourth-order valence-corrected chi connectivity index (χ4v) is 4.22. The topological polar surface area (TPSA) is 79.4 Å². The second kappa shape index (κ2) is 8.63. The molecule has 1 saturated heterocycles. The molecule has 2 heterocycles. The van der Waals surface area contributed by atoms with Gasteiger partial charge in [0.2, 0.25) is 10.0 Å². The minimum atomic E-state index is -3.08. The van der Waals surface area contributed by atoms with Gasteiger partial charge in [0.1, 0.15) is 0 Å². The number of hydrogen-bond acceptors (Lipinski definition) is 4. The van der Waals surface area contributed by atoms with Crippen LogP contribution in [-0.2, 0) is 23.0 Å². The van der Waals surface area contributed by atoms with Crippen molar-refractivity contribution in [3.63, 3.8) is 0 Å². The summed E-state index contributed by atoms with van der Waals surface area (Å²) in [6.07, 6.45) is 5.63. The Morgan fingerprint density at radius 1 is 1.15 bits per heavy atom. The molecule has 27 heavy (non-hydrogen) atoms. The summed E-state index contributed by atoms with van der Waals surface area (Å²) in [6.45, 7) is 1.59. The maximum absolute atomic E-state index is 12.2. The highest BCUT2D eigenvalue weighted by Gasteiger charge is 2.24. The van der Waals surface area contributed by atoms with E-state index in [9.17, 15) is 13.2 Å². The van der Waals surface area contributed by atoms with Gasteiger partial charge in [0.05, 0.1) is 18.5 Å². The lowest BCUT2D eigenvalue weighted by molar-refractivity contribution is 0.0950. The van der Waals surface area contributed by atoms with Crippen LogP contribution in [0.15, 0.2) is 48.7 Å². The molecule has 1 fully saturated rings. The molecule has 7 heteroatoms. The molecule has 1 amide bonds. The number of nitrogens with zero attached hydrogens (tertiary/aromatic N) is 2. The van der Waals surface area contributed by atoms with Crippen LogP contribution in [0.4, 0.5) is 0 Å². The Morgan fingerprint density at radius 3 is 2.44 bits per heavy atom. The number of aromatic nitrogens is 1. The zero-order valence-electron chi connectivity index (χ0n) is 15.5. The molecule has 0 spiro atoms. The summed E-state index contributed by atoms with van der Waals surface area (Å²) in [6, 6.07) is 13.3. The number of carbonyl (C=O) groups is 1. The molecule has 0 bridgehead atoms. The maximum atomic E-state index is 12.2. The molecule has 1 aromatic heterocycles. The van der Waals surface area contributed by atoms with Crippen LogP contribution >= 0.6 is 0 Å². The number of amides is 1. The largest absolute Gasteiger partial charge is 0.346 e. The molecule has 0 saturated carbocycles. The first-order valence-corrected chi connectivity index (χ1v) is 11.0. The summed E-state index contributed by atoms with van der Waals surface area (Å²) in [4.78, 5) is 16.4. The summed E-state index contributed by atoms with van der Waals surface area (Å²) < 4.78 is 24.7. The van der Waals surface area contributed by atoms with Gasteiger partial charge in [-0.05, 0) is 55.0 Å². The second-order valence-electron chi connectivity index (χ2n) is 7.01. The molecule has 6 nitrogen and oxygen atoms in total. The minimum Gasteiger partial charge on any atom is -0.346 e. The Labute approximate surface area is 160 Å². The minimum absolute atomic E-state index is 0.117. The van der Waals surface area contributed by atoms with E-state index in [0.29, 0.717) is 31.1 Å². The van der Waals surface area contributed by atoms with E-state index in [1.807, 2.05) is 42.5 Å². The van der Waals surface area contributed by atoms with Crippen LogP contribution in [0.2, 0.25) is 0 Å². The highest BCUT2D eigenvalue weighted by atomic mass is 32.2. The van der Waals surface area contributed by atoms with Gasteiger partial charge in [-0.25, -0.2) is 12.7 Å². The SMILES string of the molecule is CS(=O)(=O)N1CCC(Cc2ccc(C(=O)NCc3ccccn3)cc2)CC1. The average molecular weight is 388 g/mol. The van der Waals surface area contributed by atoms with E-state index in [4.69, 9.17) is 0 Å². The van der Waals surface area contributed by atoms with Gasteiger partial charge in [0.15, 0.2) is 0 Å². The van der Waals surface area contributed by atoms with Crippen molar-refractivity contribution in [1.29, 1.82) is 0 Å². The maximum Gasteiger partial charge on any atom is 0.251 e. The molecule has 0 radical (unpaired) electrons. The number of pyridine rings is 1. The van der Waals surface area contributed by atoms with Crippen molar-refractivity contribution >= 4 is 15.9 Å². The van der Waals surface area contributed by atoms with Gasteiger partial charge in [-0.1, -0.05) is 18.2 Å². The molecule has 1 N–H and O–H groups in total. The number of nitrogens with one attached hydrogen (secondary N) is 1. The van der Waals surface area contributed by atoms with Gasteiger partial charge in [-0.15, -0.1) is 0 Å². The molecule has 2 aromatic rings. The van der Waals surface area contributed by atoms with Gasteiger partial charge in [0.25, 0.3) is 5.91 Å². The zero-order chi connectivity index (χ0) is 19.3. The van der Waals surface area contributed by atoms with Crippen molar-refractivity contribution in [1.82, 2.24) is 14.6 Å². The van der Waals surface area contributed by atoms with E-state index in [-0.39, 0.29) is 5.91 Å². The van der Waals surface area contributed by atoms with Crippen molar-refractivity contribution in [3.8, 4) is 0 Å². The summed E-state index contributed by atoms with van der Waals surface area (Å²) in [5.41, 5.74) is 2.62. The summed E-state index contributed by atoms with van der Waals surface area (Å²) in [7, 11) is -3.08. The second-order valence-corrected chi connectivity index (χ2v) is 8.99. The molecular formula is C20H25N3O3S. The predicted molar refractivity (Wildman–Crippen MR) is 105 cm³/mol. The standard InChI is InChI=1S/C20H25N3O3S/c1-27(25,26)23-12-9-17(10-13-23)14-16-5-7-18(8-6-16)20(24)22-15-19-4-2-3-11-21-19/h2-8,11,17H,9-10,12-15H2,1H3,(H,22,24).